The Morgan fingerprint density at radius 2 is 1.11 bits per heavy atom. The Morgan fingerprint density at radius 3 is 1.81 bits per heavy atom. The quantitative estimate of drug-likeness (QED) is 0.279. The van der Waals surface area contributed by atoms with Gasteiger partial charge in [-0.1, -0.05) is 36.4 Å². The molecule has 0 aliphatic rings. The van der Waals surface area contributed by atoms with E-state index in [1.807, 2.05) is 73.1 Å². The summed E-state index contributed by atoms with van der Waals surface area (Å²) in [5.74, 6) is 0. The molecular weight excluding hydrogens is 442 g/mol. The molecule has 166 valence electrons. The largest absolute Gasteiger partial charge is 0.309 e. The summed E-state index contributed by atoms with van der Waals surface area (Å²) < 4.78 is 4.34. The number of pyridine rings is 1. The number of nitriles is 2. The molecule has 0 saturated heterocycles. The predicted octanol–water partition coefficient (Wildman–Crippen LogP) is 7.02. The molecule has 0 unspecified atom stereocenters. The number of fused-ring (bicyclic) bond motifs is 6. The van der Waals surface area contributed by atoms with Crippen LogP contribution in [0.1, 0.15) is 11.1 Å². The molecule has 4 aromatic carbocycles. The molecule has 0 atom stereocenters. The van der Waals surface area contributed by atoms with Crippen LogP contribution in [0, 0.1) is 22.7 Å². The van der Waals surface area contributed by atoms with Gasteiger partial charge in [0.1, 0.15) is 0 Å². The van der Waals surface area contributed by atoms with Crippen molar-refractivity contribution in [1.29, 1.82) is 10.5 Å². The average molecular weight is 460 g/mol. The van der Waals surface area contributed by atoms with Crippen LogP contribution in [0.3, 0.4) is 0 Å². The van der Waals surface area contributed by atoms with E-state index in [-0.39, 0.29) is 0 Å². The fraction of sp³-hybridized carbons (Fsp3) is 0. The zero-order valence-corrected chi connectivity index (χ0v) is 19.1. The minimum atomic E-state index is 0.567. The first-order valence-corrected chi connectivity index (χ1v) is 11.6. The van der Waals surface area contributed by atoms with Crippen molar-refractivity contribution < 1.29 is 0 Å². The first-order chi connectivity index (χ1) is 17.8. The Kier molecular flexibility index (Phi) is 4.21. The van der Waals surface area contributed by atoms with Gasteiger partial charge in [-0.15, -0.1) is 0 Å². The second-order valence-corrected chi connectivity index (χ2v) is 8.79. The molecule has 0 N–H and O–H groups in total. The molecule has 7 rings (SSSR count). The number of hydrogen-bond donors (Lipinski definition) is 0. The van der Waals surface area contributed by atoms with Crippen molar-refractivity contribution in [2.24, 2.45) is 0 Å². The third-order valence-electron chi connectivity index (χ3n) is 6.83. The van der Waals surface area contributed by atoms with E-state index >= 15 is 0 Å². The van der Waals surface area contributed by atoms with Crippen molar-refractivity contribution in [2.75, 3.05) is 0 Å². The van der Waals surface area contributed by atoms with E-state index in [1.54, 1.807) is 0 Å². The average Bonchev–Trinajstić information content (AvgIpc) is 3.45. The highest BCUT2D eigenvalue weighted by Crippen LogP contribution is 2.36. The van der Waals surface area contributed by atoms with Crippen LogP contribution in [-0.4, -0.2) is 14.1 Å². The summed E-state index contributed by atoms with van der Waals surface area (Å²) in [6.45, 7) is 0. The van der Waals surface area contributed by atoms with Crippen molar-refractivity contribution in [2.45, 2.75) is 0 Å². The number of para-hydroxylation sites is 2. The molecule has 7 aromatic rings. The Hall–Kier alpha value is -5.39. The van der Waals surface area contributed by atoms with Crippen LogP contribution < -0.4 is 0 Å². The summed E-state index contributed by atoms with van der Waals surface area (Å²) in [4.78, 5) is 4.39. The molecule has 0 spiro atoms. The number of aromatic nitrogens is 3. The van der Waals surface area contributed by atoms with Gasteiger partial charge in [-0.3, -0.25) is 4.98 Å². The molecule has 3 aromatic heterocycles. The monoisotopic (exact) mass is 459 g/mol. The third-order valence-corrected chi connectivity index (χ3v) is 6.83. The van der Waals surface area contributed by atoms with Crippen molar-refractivity contribution >= 4 is 43.6 Å². The maximum Gasteiger partial charge on any atom is 0.0993 e. The Bertz CT molecular complexity index is 2030. The lowest BCUT2D eigenvalue weighted by Gasteiger charge is -2.13. The molecule has 0 fully saturated rings. The molecule has 5 heteroatoms. The molecular formula is C31H17N5. The van der Waals surface area contributed by atoms with E-state index in [9.17, 15) is 10.5 Å². The van der Waals surface area contributed by atoms with E-state index < -0.39 is 0 Å². The molecule has 36 heavy (non-hydrogen) atoms. The SMILES string of the molecule is N#Cc1cc(-n2c3ccccc3c3cc(C#N)ccc32)cc(-n2c3ccccc3c3ccncc32)c1. The summed E-state index contributed by atoms with van der Waals surface area (Å²) in [6, 6.07) is 34.8. The number of benzene rings is 4. The highest BCUT2D eigenvalue weighted by Gasteiger charge is 2.17. The number of hydrogen-bond acceptors (Lipinski definition) is 3. The van der Waals surface area contributed by atoms with Crippen molar-refractivity contribution in [3.8, 4) is 23.5 Å². The number of nitrogens with zero attached hydrogens (tertiary/aromatic N) is 5. The van der Waals surface area contributed by atoms with Crippen molar-refractivity contribution in [1.82, 2.24) is 14.1 Å². The topological polar surface area (TPSA) is 70.3 Å². The summed E-state index contributed by atoms with van der Waals surface area (Å²) in [5, 5.41) is 23.8. The summed E-state index contributed by atoms with van der Waals surface area (Å²) in [5.41, 5.74) is 7.01. The van der Waals surface area contributed by atoms with Gasteiger partial charge in [-0.25, -0.2) is 0 Å². The van der Waals surface area contributed by atoms with Gasteiger partial charge in [0.25, 0.3) is 0 Å². The maximum absolute atomic E-state index is 9.99. The highest BCUT2D eigenvalue weighted by molar-refractivity contribution is 6.10. The Morgan fingerprint density at radius 1 is 0.528 bits per heavy atom. The van der Waals surface area contributed by atoms with E-state index in [1.165, 1.54) is 0 Å². The van der Waals surface area contributed by atoms with Crippen LogP contribution >= 0.6 is 0 Å². The van der Waals surface area contributed by atoms with Crippen molar-refractivity contribution in [3.05, 3.63) is 115 Å². The summed E-state index contributed by atoms with van der Waals surface area (Å²) in [6.07, 6.45) is 3.68. The van der Waals surface area contributed by atoms with Gasteiger partial charge in [0, 0.05) is 39.1 Å². The van der Waals surface area contributed by atoms with Gasteiger partial charge in [-0.2, -0.15) is 10.5 Å². The Balaban J connectivity index is 1.59. The van der Waals surface area contributed by atoms with Crippen LogP contribution in [0.4, 0.5) is 0 Å². The van der Waals surface area contributed by atoms with E-state index in [0.29, 0.717) is 11.1 Å². The van der Waals surface area contributed by atoms with Crippen LogP contribution in [0.15, 0.2) is 103 Å². The zero-order valence-electron chi connectivity index (χ0n) is 19.1. The van der Waals surface area contributed by atoms with Crippen LogP contribution in [0.25, 0.3) is 55.0 Å². The van der Waals surface area contributed by atoms with Gasteiger partial charge in [0.05, 0.1) is 51.5 Å². The summed E-state index contributed by atoms with van der Waals surface area (Å²) in [7, 11) is 0. The van der Waals surface area contributed by atoms with Crippen LogP contribution in [0.5, 0.6) is 0 Å². The fourth-order valence-electron chi connectivity index (χ4n) is 5.33. The van der Waals surface area contributed by atoms with Gasteiger partial charge in [0.15, 0.2) is 0 Å². The van der Waals surface area contributed by atoms with E-state index in [2.05, 4.69) is 56.6 Å². The predicted molar refractivity (Wildman–Crippen MR) is 142 cm³/mol. The lowest BCUT2D eigenvalue weighted by atomic mass is 10.1. The van der Waals surface area contributed by atoms with E-state index in [0.717, 1.165) is 55.0 Å². The standard InChI is InChI=1S/C31H17N5/c32-17-20-9-10-30-27(15-20)25-6-2-4-8-29(25)35(30)22-13-21(18-33)14-23(16-22)36-28-7-3-1-5-24(28)26-11-12-34-19-31(26)36/h1-16,19H. The van der Waals surface area contributed by atoms with Crippen molar-refractivity contribution in [3.63, 3.8) is 0 Å². The van der Waals surface area contributed by atoms with Crippen LogP contribution in [-0.2, 0) is 0 Å². The lowest BCUT2D eigenvalue weighted by Crippen LogP contribution is -2.00. The first kappa shape index (κ1) is 20.0. The molecule has 5 nitrogen and oxygen atoms in total. The minimum absolute atomic E-state index is 0.567. The van der Waals surface area contributed by atoms with Gasteiger partial charge in [-0.05, 0) is 54.6 Å². The molecule has 0 aliphatic heterocycles. The number of rotatable bonds is 2. The van der Waals surface area contributed by atoms with E-state index in [4.69, 9.17) is 0 Å². The van der Waals surface area contributed by atoms with Crippen LogP contribution in [0.2, 0.25) is 0 Å². The minimum Gasteiger partial charge on any atom is -0.309 e. The zero-order chi connectivity index (χ0) is 24.2. The van der Waals surface area contributed by atoms with Gasteiger partial charge >= 0.3 is 0 Å². The maximum atomic E-state index is 9.99. The molecule has 0 aliphatic carbocycles. The Labute approximate surface area is 206 Å². The molecule has 0 bridgehead atoms. The second kappa shape index (κ2) is 7.56. The highest BCUT2D eigenvalue weighted by atomic mass is 15.0. The first-order valence-electron chi connectivity index (χ1n) is 11.6. The fourth-order valence-corrected chi connectivity index (χ4v) is 5.33. The second-order valence-electron chi connectivity index (χ2n) is 8.79. The molecule has 0 amide bonds. The summed E-state index contributed by atoms with van der Waals surface area (Å²) >= 11 is 0. The lowest BCUT2D eigenvalue weighted by molar-refractivity contribution is 1.12. The molecule has 3 heterocycles. The van der Waals surface area contributed by atoms with Gasteiger partial charge in [0.2, 0.25) is 0 Å². The molecule has 0 saturated carbocycles. The smallest absolute Gasteiger partial charge is 0.0993 e. The van der Waals surface area contributed by atoms with Gasteiger partial charge < -0.3 is 9.13 Å². The normalized spacial score (nSPS) is 11.3. The third kappa shape index (κ3) is 2.78. The molecule has 0 radical (unpaired) electrons.